The largest absolute Gasteiger partial charge is 0.458 e. The number of hydrogen-bond donors (Lipinski definition) is 0. The van der Waals surface area contributed by atoms with E-state index in [1.165, 1.54) is 18.2 Å². The Kier molecular flexibility index (Phi) is 9.59. The topological polar surface area (TPSA) is 60.4 Å². The molecule has 4 nitrogen and oxygen atoms in total. The molecule has 224 valence electrons. The van der Waals surface area contributed by atoms with Gasteiger partial charge in [0.15, 0.2) is 5.78 Å². The fraction of sp³-hybridized carbons (Fsp3) is 0.457. The highest BCUT2D eigenvalue weighted by Crippen LogP contribution is 2.58. The summed E-state index contributed by atoms with van der Waals surface area (Å²) >= 11 is 0. The third-order valence-electron chi connectivity index (χ3n) is 9.45. The maximum absolute atomic E-state index is 12.9. The van der Waals surface area contributed by atoms with Gasteiger partial charge in [-0.25, -0.2) is 4.79 Å². The molecular formula is C35H39F3O4. The van der Waals surface area contributed by atoms with Crippen molar-refractivity contribution >= 4 is 24.1 Å². The first-order valence-corrected chi connectivity index (χ1v) is 14.6. The number of alkyl halides is 3. The number of fused-ring (bicyclic) bond motifs is 2. The van der Waals surface area contributed by atoms with Crippen molar-refractivity contribution in [3.05, 3.63) is 88.6 Å². The van der Waals surface area contributed by atoms with E-state index >= 15 is 0 Å². The van der Waals surface area contributed by atoms with Crippen LogP contribution in [0.5, 0.6) is 0 Å². The summed E-state index contributed by atoms with van der Waals surface area (Å²) in [6.45, 7) is 8.50. The molecule has 0 radical (unpaired) electrons. The van der Waals surface area contributed by atoms with Crippen LogP contribution in [0.4, 0.5) is 13.2 Å². The number of ketones is 1. The average molecular weight is 581 g/mol. The summed E-state index contributed by atoms with van der Waals surface area (Å²) in [4.78, 5) is 36.7. The van der Waals surface area contributed by atoms with Gasteiger partial charge in [0.1, 0.15) is 12.9 Å². The lowest BCUT2D eigenvalue weighted by Gasteiger charge is -2.40. The van der Waals surface area contributed by atoms with Crippen LogP contribution < -0.4 is 0 Å². The zero-order valence-electron chi connectivity index (χ0n) is 24.6. The number of carbonyl (C=O) groups is 3. The summed E-state index contributed by atoms with van der Waals surface area (Å²) in [7, 11) is 0. The molecule has 0 unspecified atom stereocenters. The maximum atomic E-state index is 12.9. The number of ether oxygens (including phenoxy) is 1. The van der Waals surface area contributed by atoms with Crippen LogP contribution in [-0.4, -0.2) is 24.6 Å². The predicted molar refractivity (Wildman–Crippen MR) is 157 cm³/mol. The Hall–Kier alpha value is -3.48. The van der Waals surface area contributed by atoms with Gasteiger partial charge in [0.25, 0.3) is 0 Å². The minimum absolute atomic E-state index is 0.0586. The monoisotopic (exact) mass is 580 g/mol. The van der Waals surface area contributed by atoms with Crippen LogP contribution in [-0.2, 0) is 25.3 Å². The lowest BCUT2D eigenvalue weighted by atomic mass is 9.63. The van der Waals surface area contributed by atoms with Gasteiger partial charge in [-0.1, -0.05) is 55.9 Å². The van der Waals surface area contributed by atoms with E-state index in [1.54, 1.807) is 6.08 Å². The highest BCUT2D eigenvalue weighted by molar-refractivity contribution is 6.01. The number of rotatable bonds is 8. The molecular weight excluding hydrogens is 541 g/mol. The molecule has 3 aliphatic carbocycles. The van der Waals surface area contributed by atoms with Gasteiger partial charge in [0.05, 0.1) is 11.5 Å². The average Bonchev–Trinajstić information content (AvgIpc) is 3.39. The highest BCUT2D eigenvalue weighted by atomic mass is 19.4. The molecule has 0 aliphatic heterocycles. The number of esters is 1. The third kappa shape index (κ3) is 7.11. The van der Waals surface area contributed by atoms with Gasteiger partial charge in [-0.15, -0.1) is 0 Å². The van der Waals surface area contributed by atoms with Gasteiger partial charge in [-0.2, -0.15) is 13.2 Å². The molecule has 0 spiro atoms. The maximum Gasteiger partial charge on any atom is 0.416 e. The molecule has 1 fully saturated rings. The van der Waals surface area contributed by atoms with Crippen molar-refractivity contribution in [1.82, 2.24) is 0 Å². The van der Waals surface area contributed by atoms with Gasteiger partial charge < -0.3 is 4.74 Å². The zero-order chi connectivity index (χ0) is 30.7. The van der Waals surface area contributed by atoms with Crippen LogP contribution in [0.1, 0.15) is 64.5 Å². The summed E-state index contributed by atoms with van der Waals surface area (Å²) in [5.74, 6) is 0.347. The van der Waals surface area contributed by atoms with Crippen LogP contribution in [0, 0.1) is 35.0 Å². The molecule has 1 saturated carbocycles. The van der Waals surface area contributed by atoms with Crippen molar-refractivity contribution in [3.63, 3.8) is 0 Å². The van der Waals surface area contributed by atoms with Crippen molar-refractivity contribution in [2.24, 2.45) is 35.0 Å². The van der Waals surface area contributed by atoms with E-state index in [0.29, 0.717) is 23.3 Å². The Balaban J connectivity index is 1.34. The summed E-state index contributed by atoms with van der Waals surface area (Å²) in [6.07, 6.45) is 12.6. The highest BCUT2D eigenvalue weighted by Gasteiger charge is 2.50. The van der Waals surface area contributed by atoms with E-state index in [0.717, 1.165) is 61.3 Å². The van der Waals surface area contributed by atoms with Gasteiger partial charge in [0, 0.05) is 6.08 Å². The van der Waals surface area contributed by atoms with E-state index in [-0.39, 0.29) is 35.2 Å². The quantitative estimate of drug-likeness (QED) is 0.135. The molecule has 0 N–H and O–H groups in total. The van der Waals surface area contributed by atoms with Crippen molar-refractivity contribution in [2.45, 2.75) is 59.6 Å². The molecule has 1 aromatic rings. The first-order chi connectivity index (χ1) is 19.8. The molecule has 42 heavy (non-hydrogen) atoms. The number of allylic oxidation sites excluding steroid dienone is 7. The number of benzene rings is 1. The molecule has 1 aromatic carbocycles. The lowest BCUT2D eigenvalue weighted by Crippen LogP contribution is -2.34. The predicted octanol–water partition coefficient (Wildman–Crippen LogP) is 8.11. The zero-order valence-corrected chi connectivity index (χ0v) is 24.6. The van der Waals surface area contributed by atoms with Crippen LogP contribution in [0.15, 0.2) is 77.4 Å². The van der Waals surface area contributed by atoms with Crippen molar-refractivity contribution in [1.29, 1.82) is 0 Å². The SMILES string of the molecule is CC1=CC(=O)[C@H]2/C(C=O)=C\C[C@H]3[C@@H]([C@@H](C)/C=C\C=C(\C)COC(=O)/C=C/c4cccc(C(F)(F)F)c4)CC[C@]3(C)C[C@H]12. The van der Waals surface area contributed by atoms with E-state index in [2.05, 4.69) is 19.9 Å². The standard InChI is InChI=1S/C35H39F3O4/c1-22(21-42-32(41)14-11-25-9-6-10-27(18-25)35(36,37)38)7-5-8-23(2)28-15-16-34(4)19-29-24(3)17-31(40)33(29)26(20-39)12-13-30(28)34/h5-12,14,17-18,20,23,28-30,33H,13,15-16,19,21H2,1-4H3/b8-5-,14-11+,22-7-,26-12-/t23-,28+,29+,30-,33-,34+/m0/s1. The fourth-order valence-electron chi connectivity index (χ4n) is 7.12. The molecule has 0 bridgehead atoms. The van der Waals surface area contributed by atoms with E-state index in [9.17, 15) is 27.6 Å². The van der Waals surface area contributed by atoms with Crippen molar-refractivity contribution < 1.29 is 32.3 Å². The van der Waals surface area contributed by atoms with E-state index < -0.39 is 17.7 Å². The van der Waals surface area contributed by atoms with E-state index in [1.807, 2.05) is 32.1 Å². The summed E-state index contributed by atoms with van der Waals surface area (Å²) < 4.78 is 43.9. The molecule has 0 amide bonds. The van der Waals surface area contributed by atoms with Crippen LogP contribution in [0.25, 0.3) is 6.08 Å². The molecule has 3 aliphatic rings. The van der Waals surface area contributed by atoms with Gasteiger partial charge in [0.2, 0.25) is 0 Å². The van der Waals surface area contributed by atoms with Gasteiger partial charge >= 0.3 is 12.1 Å². The minimum atomic E-state index is -4.45. The van der Waals surface area contributed by atoms with Crippen LogP contribution in [0.2, 0.25) is 0 Å². The Labute approximate surface area is 246 Å². The number of halogens is 3. The number of carbonyl (C=O) groups excluding carboxylic acids is 3. The second kappa shape index (κ2) is 12.8. The first-order valence-electron chi connectivity index (χ1n) is 14.6. The fourth-order valence-corrected chi connectivity index (χ4v) is 7.12. The Morgan fingerprint density at radius 1 is 1.26 bits per heavy atom. The normalized spacial score (nSPS) is 30.3. The summed E-state index contributed by atoms with van der Waals surface area (Å²) in [5.41, 5.74) is 2.14. The molecule has 6 atom stereocenters. The summed E-state index contributed by atoms with van der Waals surface area (Å²) in [5, 5.41) is 0. The van der Waals surface area contributed by atoms with Crippen molar-refractivity contribution in [3.8, 4) is 0 Å². The second-order valence-electron chi connectivity index (χ2n) is 12.4. The second-order valence-corrected chi connectivity index (χ2v) is 12.4. The van der Waals surface area contributed by atoms with Crippen LogP contribution >= 0.6 is 0 Å². The van der Waals surface area contributed by atoms with Gasteiger partial charge in [-0.3, -0.25) is 9.59 Å². The Morgan fingerprint density at radius 3 is 2.74 bits per heavy atom. The number of hydrogen-bond acceptors (Lipinski definition) is 4. The molecule has 0 saturated heterocycles. The van der Waals surface area contributed by atoms with Crippen LogP contribution in [0.3, 0.4) is 0 Å². The molecule has 0 aromatic heterocycles. The van der Waals surface area contributed by atoms with E-state index in [4.69, 9.17) is 4.74 Å². The van der Waals surface area contributed by atoms with Gasteiger partial charge in [-0.05, 0) is 110 Å². The minimum Gasteiger partial charge on any atom is -0.458 e. The lowest BCUT2D eigenvalue weighted by molar-refractivity contribution is -0.138. The molecule has 7 heteroatoms. The van der Waals surface area contributed by atoms with Crippen molar-refractivity contribution in [2.75, 3.05) is 6.61 Å². The summed E-state index contributed by atoms with van der Waals surface area (Å²) in [6, 6.07) is 4.74. The number of aldehydes is 1. The molecule has 4 rings (SSSR count). The third-order valence-corrected chi connectivity index (χ3v) is 9.45. The Bertz CT molecular complexity index is 1360. The first kappa shape index (κ1) is 31.5. The Morgan fingerprint density at radius 2 is 2.02 bits per heavy atom. The molecule has 0 heterocycles. The smallest absolute Gasteiger partial charge is 0.416 e.